The third-order valence-electron chi connectivity index (χ3n) is 10.4. The zero-order chi connectivity index (χ0) is 30.2. The Morgan fingerprint density at radius 2 is 0.857 bits per heavy atom. The lowest BCUT2D eigenvalue weighted by Crippen LogP contribution is -2.35. The summed E-state index contributed by atoms with van der Waals surface area (Å²) in [5.41, 5.74) is 0. The van der Waals surface area contributed by atoms with Gasteiger partial charge in [-0.05, 0) is 102 Å². The molecule has 2 atom stereocenters. The third kappa shape index (κ3) is 12.5. The molecular formula is C36H64O6. The fourth-order valence-electron chi connectivity index (χ4n) is 7.06. The minimum absolute atomic E-state index is 0.0189. The van der Waals surface area contributed by atoms with E-state index in [1.807, 2.05) is 0 Å². The highest BCUT2D eigenvalue weighted by atomic mass is 16.6. The summed E-state index contributed by atoms with van der Waals surface area (Å²) in [6.07, 6.45) is 21.0. The third-order valence-corrected chi connectivity index (χ3v) is 10.4. The van der Waals surface area contributed by atoms with Crippen LogP contribution >= 0.6 is 0 Å². The summed E-state index contributed by atoms with van der Waals surface area (Å²) in [6, 6.07) is 0. The lowest BCUT2D eigenvalue weighted by molar-refractivity contribution is -0.163. The predicted molar refractivity (Wildman–Crippen MR) is 168 cm³/mol. The maximum Gasteiger partial charge on any atom is 0.309 e. The summed E-state index contributed by atoms with van der Waals surface area (Å²) >= 11 is 0. The van der Waals surface area contributed by atoms with Gasteiger partial charge in [0.25, 0.3) is 0 Å². The molecule has 3 aliphatic rings. The van der Waals surface area contributed by atoms with Gasteiger partial charge in [-0.3, -0.25) is 9.59 Å². The molecule has 244 valence electrons. The zero-order valence-corrected chi connectivity index (χ0v) is 27.6. The number of esters is 2. The van der Waals surface area contributed by atoms with E-state index in [9.17, 15) is 9.59 Å². The maximum absolute atomic E-state index is 12.9. The van der Waals surface area contributed by atoms with Crippen molar-refractivity contribution in [2.45, 2.75) is 181 Å². The molecule has 6 heteroatoms. The van der Waals surface area contributed by atoms with E-state index in [1.165, 1.54) is 51.4 Å². The Labute approximate surface area is 257 Å². The first kappa shape index (κ1) is 35.3. The van der Waals surface area contributed by atoms with E-state index in [-0.39, 0.29) is 36.0 Å². The number of rotatable bonds is 18. The Bertz CT molecular complexity index is 669. The quantitative estimate of drug-likeness (QED) is 0.148. The van der Waals surface area contributed by atoms with E-state index in [1.54, 1.807) is 0 Å². The van der Waals surface area contributed by atoms with E-state index in [0.717, 1.165) is 90.3 Å². The first-order valence-corrected chi connectivity index (χ1v) is 18.1. The summed E-state index contributed by atoms with van der Waals surface area (Å²) in [5, 5.41) is 0. The van der Waals surface area contributed by atoms with Crippen LogP contribution in [0.5, 0.6) is 0 Å². The van der Waals surface area contributed by atoms with Crippen LogP contribution in [0.1, 0.15) is 156 Å². The molecule has 42 heavy (non-hydrogen) atoms. The number of hydrogen-bond donors (Lipinski definition) is 0. The number of carbonyl (C=O) groups excluding carboxylic acids is 2. The normalized spacial score (nSPS) is 29.9. The van der Waals surface area contributed by atoms with Crippen molar-refractivity contribution in [2.24, 2.45) is 23.7 Å². The lowest BCUT2D eigenvalue weighted by Gasteiger charge is -2.33. The highest BCUT2D eigenvalue weighted by Crippen LogP contribution is 2.34. The van der Waals surface area contributed by atoms with Crippen LogP contribution in [-0.4, -0.2) is 49.6 Å². The topological polar surface area (TPSA) is 71.1 Å². The van der Waals surface area contributed by atoms with Crippen LogP contribution in [-0.2, 0) is 28.5 Å². The first-order valence-electron chi connectivity index (χ1n) is 18.1. The lowest BCUT2D eigenvalue weighted by atomic mass is 9.82. The van der Waals surface area contributed by atoms with Crippen molar-refractivity contribution >= 4 is 11.9 Å². The van der Waals surface area contributed by atoms with Crippen molar-refractivity contribution in [3.63, 3.8) is 0 Å². The van der Waals surface area contributed by atoms with Gasteiger partial charge in [0.1, 0.15) is 12.2 Å². The van der Waals surface area contributed by atoms with E-state index in [2.05, 4.69) is 27.7 Å². The van der Waals surface area contributed by atoms with Crippen LogP contribution < -0.4 is 0 Å². The molecule has 0 saturated heterocycles. The first-order chi connectivity index (χ1) is 20.4. The second kappa shape index (κ2) is 20.0. The van der Waals surface area contributed by atoms with Gasteiger partial charge in [0.2, 0.25) is 0 Å². The fourth-order valence-corrected chi connectivity index (χ4v) is 7.06. The molecule has 0 aromatic heterocycles. The molecule has 0 bridgehead atoms. The molecule has 0 spiro atoms. The van der Waals surface area contributed by atoms with E-state index >= 15 is 0 Å². The van der Waals surface area contributed by atoms with Crippen molar-refractivity contribution in [1.29, 1.82) is 0 Å². The Morgan fingerprint density at radius 1 is 0.524 bits per heavy atom. The number of carbonyl (C=O) groups is 2. The zero-order valence-electron chi connectivity index (χ0n) is 27.6. The molecule has 0 aliphatic heterocycles. The second-order valence-electron chi connectivity index (χ2n) is 13.7. The largest absolute Gasteiger partial charge is 0.462 e. The highest BCUT2D eigenvalue weighted by molar-refractivity contribution is 5.75. The van der Waals surface area contributed by atoms with Crippen molar-refractivity contribution in [2.75, 3.05) is 13.2 Å². The SMILES string of the molecule is CCCCC(CC)COC1CCC(OC(=O)C2CCC(C(=O)OC3CCC(OCC(CC)CCCC)CC3)CC2)CC1. The van der Waals surface area contributed by atoms with Crippen molar-refractivity contribution < 1.29 is 28.5 Å². The Kier molecular flexibility index (Phi) is 16.8. The van der Waals surface area contributed by atoms with Gasteiger partial charge >= 0.3 is 11.9 Å². The molecule has 0 aromatic carbocycles. The average Bonchev–Trinajstić information content (AvgIpc) is 3.02. The highest BCUT2D eigenvalue weighted by Gasteiger charge is 2.35. The average molecular weight is 593 g/mol. The van der Waals surface area contributed by atoms with Gasteiger partial charge in [0.15, 0.2) is 0 Å². The molecule has 0 heterocycles. The number of unbranched alkanes of at least 4 members (excludes halogenated alkanes) is 2. The van der Waals surface area contributed by atoms with Crippen molar-refractivity contribution in [3.05, 3.63) is 0 Å². The Morgan fingerprint density at radius 3 is 1.17 bits per heavy atom. The summed E-state index contributed by atoms with van der Waals surface area (Å²) in [5.74, 6) is 1.06. The molecule has 3 aliphatic carbocycles. The molecule has 6 nitrogen and oxygen atoms in total. The summed E-state index contributed by atoms with van der Waals surface area (Å²) in [6.45, 7) is 10.7. The van der Waals surface area contributed by atoms with Gasteiger partial charge in [0, 0.05) is 13.2 Å². The molecule has 0 N–H and O–H groups in total. The molecule has 3 fully saturated rings. The standard InChI is InChI=1S/C36H64O6/c1-5-9-11-27(7-3)25-39-31-17-21-33(22-18-31)41-35(37)29-13-15-30(16-14-29)36(38)42-34-23-19-32(20-24-34)40-26-28(8-4)12-10-6-2/h27-34H,5-26H2,1-4H3. The summed E-state index contributed by atoms with van der Waals surface area (Å²) in [7, 11) is 0. The molecule has 3 saturated carbocycles. The monoisotopic (exact) mass is 592 g/mol. The van der Waals surface area contributed by atoms with Crippen LogP contribution in [0.2, 0.25) is 0 Å². The maximum atomic E-state index is 12.9. The minimum atomic E-state index is -0.0798. The summed E-state index contributed by atoms with van der Waals surface area (Å²) < 4.78 is 24.4. The molecule has 0 aromatic rings. The van der Waals surface area contributed by atoms with Gasteiger partial charge in [-0.25, -0.2) is 0 Å². The van der Waals surface area contributed by atoms with Crippen LogP contribution in [0.4, 0.5) is 0 Å². The Balaban J connectivity index is 1.26. The van der Waals surface area contributed by atoms with Gasteiger partial charge in [0.05, 0.1) is 24.0 Å². The van der Waals surface area contributed by atoms with Gasteiger partial charge < -0.3 is 18.9 Å². The molecular weight excluding hydrogens is 528 g/mol. The van der Waals surface area contributed by atoms with Crippen molar-refractivity contribution in [3.8, 4) is 0 Å². The van der Waals surface area contributed by atoms with Crippen LogP contribution in [0, 0.1) is 23.7 Å². The van der Waals surface area contributed by atoms with Crippen molar-refractivity contribution in [1.82, 2.24) is 0 Å². The molecule has 3 rings (SSSR count). The van der Waals surface area contributed by atoms with Gasteiger partial charge in [-0.15, -0.1) is 0 Å². The predicted octanol–water partition coefficient (Wildman–Crippen LogP) is 8.97. The van der Waals surface area contributed by atoms with Crippen LogP contribution in [0.25, 0.3) is 0 Å². The molecule has 0 radical (unpaired) electrons. The van der Waals surface area contributed by atoms with Crippen LogP contribution in [0.15, 0.2) is 0 Å². The fraction of sp³-hybridized carbons (Fsp3) is 0.944. The minimum Gasteiger partial charge on any atom is -0.462 e. The van der Waals surface area contributed by atoms with E-state index < -0.39 is 0 Å². The van der Waals surface area contributed by atoms with E-state index in [4.69, 9.17) is 18.9 Å². The Hall–Kier alpha value is -1.14. The smallest absolute Gasteiger partial charge is 0.309 e. The summed E-state index contributed by atoms with van der Waals surface area (Å²) in [4.78, 5) is 25.8. The second-order valence-corrected chi connectivity index (χ2v) is 13.7. The molecule has 2 unspecified atom stereocenters. The van der Waals surface area contributed by atoms with Crippen LogP contribution in [0.3, 0.4) is 0 Å². The van der Waals surface area contributed by atoms with Gasteiger partial charge in [-0.2, -0.15) is 0 Å². The van der Waals surface area contributed by atoms with E-state index in [0.29, 0.717) is 24.0 Å². The number of ether oxygens (including phenoxy) is 4. The number of hydrogen-bond acceptors (Lipinski definition) is 6. The molecule has 0 amide bonds. The van der Waals surface area contributed by atoms with Gasteiger partial charge in [-0.1, -0.05) is 66.2 Å².